The molecule has 90 valence electrons. The van der Waals surface area contributed by atoms with Crippen LogP contribution in [0.3, 0.4) is 0 Å². The van der Waals surface area contributed by atoms with Gasteiger partial charge in [0.2, 0.25) is 0 Å². The van der Waals surface area contributed by atoms with Crippen molar-refractivity contribution in [3.05, 3.63) is 29.0 Å². The molecule has 0 N–H and O–H groups in total. The first-order chi connectivity index (χ1) is 8.18. The summed E-state index contributed by atoms with van der Waals surface area (Å²) in [7, 11) is 0. The van der Waals surface area contributed by atoms with E-state index in [1.54, 1.807) is 0 Å². The highest BCUT2D eigenvalue weighted by Gasteiger charge is 2.26. The van der Waals surface area contributed by atoms with E-state index in [2.05, 4.69) is 15.6 Å². The first kappa shape index (κ1) is 11.4. The minimum Gasteiger partial charge on any atom is -0.324 e. The van der Waals surface area contributed by atoms with Crippen molar-refractivity contribution in [2.24, 2.45) is 0 Å². The van der Waals surface area contributed by atoms with E-state index in [9.17, 15) is 0 Å². The molecule has 1 aromatic heterocycles. The summed E-state index contributed by atoms with van der Waals surface area (Å²) >= 11 is 12.4. The number of alkyl halides is 1. The second-order valence-corrected chi connectivity index (χ2v) is 5.71. The molecule has 17 heavy (non-hydrogen) atoms. The van der Waals surface area contributed by atoms with Gasteiger partial charge in [-0.2, -0.15) is 0 Å². The zero-order valence-electron chi connectivity index (χ0n) is 9.66. The van der Waals surface area contributed by atoms with Crippen LogP contribution in [0.15, 0.2) is 18.2 Å². The normalized spacial score (nSPS) is 18.3. The van der Waals surface area contributed by atoms with E-state index >= 15 is 0 Å². The van der Waals surface area contributed by atoms with E-state index in [0.29, 0.717) is 11.1 Å². The fourth-order valence-electron chi connectivity index (χ4n) is 2.41. The molecule has 0 bridgehead atoms. The molecular formula is C13H14Cl2N2. The summed E-state index contributed by atoms with van der Waals surface area (Å²) in [5.74, 6) is 0.944. The Balaban J connectivity index is 2.27. The predicted molar refractivity (Wildman–Crippen MR) is 71.9 cm³/mol. The van der Waals surface area contributed by atoms with Crippen LogP contribution in [0.4, 0.5) is 0 Å². The third-order valence-corrected chi connectivity index (χ3v) is 3.99. The van der Waals surface area contributed by atoms with Gasteiger partial charge in [-0.3, -0.25) is 0 Å². The Morgan fingerprint density at radius 1 is 1.41 bits per heavy atom. The standard InChI is InChI=1S/C13H14Cl2N2/c1-8(14)13-16-12-10(15)6-3-7-11(12)17(13)9-4-2-5-9/h3,6-9H,2,4-5H2,1H3. The van der Waals surface area contributed by atoms with Crippen LogP contribution < -0.4 is 0 Å². The maximum atomic E-state index is 6.23. The summed E-state index contributed by atoms with van der Waals surface area (Å²) in [5.41, 5.74) is 1.99. The van der Waals surface area contributed by atoms with Crippen LogP contribution in [0.1, 0.15) is 43.4 Å². The SMILES string of the molecule is CC(Cl)c1nc2c(Cl)cccc2n1C1CCC1. The Bertz CT molecular complexity index is 556. The molecule has 1 unspecified atom stereocenters. The summed E-state index contributed by atoms with van der Waals surface area (Å²) < 4.78 is 2.28. The van der Waals surface area contributed by atoms with Crippen molar-refractivity contribution in [1.29, 1.82) is 0 Å². The number of para-hydroxylation sites is 1. The summed E-state index contributed by atoms with van der Waals surface area (Å²) in [6.07, 6.45) is 3.73. The van der Waals surface area contributed by atoms with Gasteiger partial charge in [0, 0.05) is 6.04 Å². The van der Waals surface area contributed by atoms with E-state index in [4.69, 9.17) is 23.2 Å². The summed E-state index contributed by atoms with van der Waals surface area (Å²) in [4.78, 5) is 4.61. The molecule has 1 fully saturated rings. The molecule has 1 aliphatic carbocycles. The quantitative estimate of drug-likeness (QED) is 0.721. The molecular weight excluding hydrogens is 255 g/mol. The van der Waals surface area contributed by atoms with Crippen LogP contribution in [-0.2, 0) is 0 Å². The van der Waals surface area contributed by atoms with Crippen LogP contribution in [0.25, 0.3) is 11.0 Å². The zero-order valence-corrected chi connectivity index (χ0v) is 11.2. The van der Waals surface area contributed by atoms with Crippen LogP contribution in [0.2, 0.25) is 5.02 Å². The van der Waals surface area contributed by atoms with Crippen molar-refractivity contribution in [2.45, 2.75) is 37.6 Å². The number of rotatable bonds is 2. The van der Waals surface area contributed by atoms with Crippen molar-refractivity contribution in [2.75, 3.05) is 0 Å². The first-order valence-electron chi connectivity index (χ1n) is 5.99. The van der Waals surface area contributed by atoms with Gasteiger partial charge in [0.1, 0.15) is 11.3 Å². The Morgan fingerprint density at radius 2 is 2.18 bits per heavy atom. The van der Waals surface area contributed by atoms with Gasteiger partial charge in [-0.25, -0.2) is 4.98 Å². The molecule has 1 saturated carbocycles. The van der Waals surface area contributed by atoms with Crippen LogP contribution in [0, 0.1) is 0 Å². The lowest BCUT2D eigenvalue weighted by Crippen LogP contribution is -2.19. The van der Waals surface area contributed by atoms with Crippen molar-refractivity contribution in [3.63, 3.8) is 0 Å². The van der Waals surface area contributed by atoms with E-state index in [1.165, 1.54) is 19.3 Å². The Kier molecular flexibility index (Phi) is 2.80. The molecule has 1 aromatic carbocycles. The first-order valence-corrected chi connectivity index (χ1v) is 6.80. The van der Waals surface area contributed by atoms with Gasteiger partial charge in [-0.15, -0.1) is 11.6 Å². The van der Waals surface area contributed by atoms with E-state index < -0.39 is 0 Å². The number of aromatic nitrogens is 2. The highest BCUT2D eigenvalue weighted by atomic mass is 35.5. The molecule has 0 aliphatic heterocycles. The minimum absolute atomic E-state index is 0.0842. The van der Waals surface area contributed by atoms with Gasteiger partial charge >= 0.3 is 0 Å². The summed E-state index contributed by atoms with van der Waals surface area (Å²) in [5, 5.41) is 0.623. The maximum absolute atomic E-state index is 6.23. The Hall–Kier alpha value is -0.730. The van der Waals surface area contributed by atoms with Gasteiger partial charge < -0.3 is 4.57 Å². The molecule has 1 aliphatic rings. The van der Waals surface area contributed by atoms with E-state index in [1.807, 2.05) is 19.1 Å². The molecule has 4 heteroatoms. The molecule has 0 radical (unpaired) electrons. The average molecular weight is 269 g/mol. The second-order valence-electron chi connectivity index (χ2n) is 4.65. The topological polar surface area (TPSA) is 17.8 Å². The third kappa shape index (κ3) is 1.74. The highest BCUT2D eigenvalue weighted by Crippen LogP contribution is 2.39. The Labute approximate surface area is 111 Å². The number of imidazole rings is 1. The van der Waals surface area contributed by atoms with Gasteiger partial charge in [-0.1, -0.05) is 17.7 Å². The number of hydrogen-bond donors (Lipinski definition) is 0. The number of fused-ring (bicyclic) bond motifs is 1. The molecule has 0 spiro atoms. The third-order valence-electron chi connectivity index (χ3n) is 3.49. The van der Waals surface area contributed by atoms with Crippen molar-refractivity contribution >= 4 is 34.2 Å². The number of halogens is 2. The van der Waals surface area contributed by atoms with Gasteiger partial charge in [-0.05, 0) is 38.3 Å². The van der Waals surface area contributed by atoms with Crippen molar-refractivity contribution in [3.8, 4) is 0 Å². The molecule has 1 heterocycles. The smallest absolute Gasteiger partial charge is 0.128 e. The monoisotopic (exact) mass is 268 g/mol. The van der Waals surface area contributed by atoms with Crippen molar-refractivity contribution < 1.29 is 0 Å². The Morgan fingerprint density at radius 3 is 2.76 bits per heavy atom. The largest absolute Gasteiger partial charge is 0.324 e. The number of benzene rings is 1. The minimum atomic E-state index is -0.0842. The highest BCUT2D eigenvalue weighted by molar-refractivity contribution is 6.35. The summed E-state index contributed by atoms with van der Waals surface area (Å²) in [6.45, 7) is 1.96. The number of nitrogens with zero attached hydrogens (tertiary/aromatic N) is 2. The lowest BCUT2D eigenvalue weighted by atomic mass is 9.92. The van der Waals surface area contributed by atoms with E-state index in [-0.39, 0.29) is 5.38 Å². The van der Waals surface area contributed by atoms with Crippen molar-refractivity contribution in [1.82, 2.24) is 9.55 Å². The van der Waals surface area contributed by atoms with Crippen LogP contribution in [0.5, 0.6) is 0 Å². The zero-order chi connectivity index (χ0) is 12.0. The molecule has 1 atom stereocenters. The lowest BCUT2D eigenvalue weighted by Gasteiger charge is -2.29. The summed E-state index contributed by atoms with van der Waals surface area (Å²) in [6, 6.07) is 6.49. The average Bonchev–Trinajstić information content (AvgIpc) is 2.57. The fraction of sp³-hybridized carbons (Fsp3) is 0.462. The van der Waals surface area contributed by atoms with Crippen LogP contribution in [-0.4, -0.2) is 9.55 Å². The molecule has 2 aromatic rings. The van der Waals surface area contributed by atoms with Crippen LogP contribution >= 0.6 is 23.2 Å². The second kappa shape index (κ2) is 4.18. The van der Waals surface area contributed by atoms with E-state index in [0.717, 1.165) is 16.9 Å². The maximum Gasteiger partial charge on any atom is 0.128 e. The predicted octanol–water partition coefficient (Wildman–Crippen LogP) is 4.71. The van der Waals surface area contributed by atoms with Gasteiger partial charge in [0.25, 0.3) is 0 Å². The molecule has 2 nitrogen and oxygen atoms in total. The molecule has 3 rings (SSSR count). The molecule has 0 amide bonds. The fourth-order valence-corrected chi connectivity index (χ4v) is 2.78. The van der Waals surface area contributed by atoms with Gasteiger partial charge in [0.15, 0.2) is 0 Å². The lowest BCUT2D eigenvalue weighted by molar-refractivity contribution is 0.313. The molecule has 0 saturated heterocycles. The number of hydrogen-bond acceptors (Lipinski definition) is 1. The van der Waals surface area contributed by atoms with Gasteiger partial charge in [0.05, 0.1) is 15.9 Å².